The van der Waals surface area contributed by atoms with Gasteiger partial charge in [-0.1, -0.05) is 24.3 Å². The number of nitrogens with zero attached hydrogens (tertiary/aromatic N) is 2. The molecule has 0 spiro atoms. The van der Waals surface area contributed by atoms with Crippen molar-refractivity contribution in [1.82, 2.24) is 4.90 Å². The van der Waals surface area contributed by atoms with E-state index in [-0.39, 0.29) is 39.5 Å². The number of carbonyl (C=O) groups is 2. The average Bonchev–Trinajstić information content (AvgIpc) is 2.93. The molecule has 6 nitrogen and oxygen atoms in total. The van der Waals surface area contributed by atoms with Crippen LogP contribution in [0, 0.1) is 5.82 Å². The second-order valence-corrected chi connectivity index (χ2v) is 10.9. The Balaban J connectivity index is 1.66. The van der Waals surface area contributed by atoms with Gasteiger partial charge >= 0.3 is 0 Å². The molecule has 8 heteroatoms. The van der Waals surface area contributed by atoms with Gasteiger partial charge < -0.3 is 9.80 Å². The summed E-state index contributed by atoms with van der Waals surface area (Å²) in [6.45, 7) is 2.67. The maximum absolute atomic E-state index is 13.7. The Morgan fingerprint density at radius 2 is 1.74 bits per heavy atom. The largest absolute Gasteiger partial charge is 0.336 e. The zero-order valence-electron chi connectivity index (χ0n) is 19.3. The zero-order chi connectivity index (χ0) is 24.7. The predicted molar refractivity (Wildman–Crippen MR) is 130 cm³/mol. The summed E-state index contributed by atoms with van der Waals surface area (Å²) >= 11 is 0. The third kappa shape index (κ3) is 4.12. The molecule has 2 amide bonds. The fraction of sp³-hybridized carbons (Fsp3) is 0.259. The molecule has 0 saturated carbocycles. The summed E-state index contributed by atoms with van der Waals surface area (Å²) in [4.78, 5) is 30.1. The van der Waals surface area contributed by atoms with Gasteiger partial charge in [-0.15, -0.1) is 0 Å². The van der Waals surface area contributed by atoms with E-state index in [2.05, 4.69) is 0 Å². The number of amides is 2. The molecule has 0 aliphatic carbocycles. The van der Waals surface area contributed by atoms with Gasteiger partial charge in [0.05, 0.1) is 27.6 Å². The summed E-state index contributed by atoms with van der Waals surface area (Å²) in [5.41, 5.74) is 1.16. The van der Waals surface area contributed by atoms with E-state index in [4.69, 9.17) is 0 Å². The van der Waals surface area contributed by atoms with Gasteiger partial charge in [0, 0.05) is 18.2 Å². The molecule has 180 valence electrons. The summed E-state index contributed by atoms with van der Waals surface area (Å²) in [5.74, 6) is -1.09. The summed E-state index contributed by atoms with van der Waals surface area (Å²) in [6.07, 6.45) is 2.89. The number of rotatable bonds is 3. The van der Waals surface area contributed by atoms with Gasteiger partial charge in [-0.25, -0.2) is 12.8 Å². The highest BCUT2D eigenvalue weighted by Gasteiger charge is 2.36. The molecule has 1 atom stereocenters. The van der Waals surface area contributed by atoms with Crippen LogP contribution >= 0.6 is 0 Å². The van der Waals surface area contributed by atoms with Crippen LogP contribution in [0.15, 0.2) is 76.5 Å². The first-order chi connectivity index (χ1) is 16.8. The zero-order valence-corrected chi connectivity index (χ0v) is 20.1. The number of hydrogen-bond acceptors (Lipinski definition) is 4. The second-order valence-electron chi connectivity index (χ2n) is 9.04. The first-order valence-electron chi connectivity index (χ1n) is 11.6. The van der Waals surface area contributed by atoms with Gasteiger partial charge in [0.25, 0.3) is 11.8 Å². The fourth-order valence-corrected chi connectivity index (χ4v) is 6.47. The molecule has 0 unspecified atom stereocenters. The monoisotopic (exact) mass is 492 g/mol. The molecule has 3 aromatic rings. The van der Waals surface area contributed by atoms with Gasteiger partial charge in [0.15, 0.2) is 0 Å². The van der Waals surface area contributed by atoms with Gasteiger partial charge in [-0.2, -0.15) is 0 Å². The fourth-order valence-electron chi connectivity index (χ4n) is 4.83. The van der Waals surface area contributed by atoms with Crippen LogP contribution in [0.25, 0.3) is 0 Å². The lowest BCUT2D eigenvalue weighted by atomic mass is 10.0. The van der Waals surface area contributed by atoms with Crippen molar-refractivity contribution in [2.45, 2.75) is 48.6 Å². The van der Waals surface area contributed by atoms with Crippen molar-refractivity contribution in [3.05, 3.63) is 89.2 Å². The maximum Gasteiger partial charge on any atom is 0.259 e. The molecule has 3 aromatic carbocycles. The van der Waals surface area contributed by atoms with E-state index in [0.29, 0.717) is 17.7 Å². The lowest BCUT2D eigenvalue weighted by Gasteiger charge is -2.33. The normalized spacial score (nSPS) is 19.0. The molecule has 1 fully saturated rings. The van der Waals surface area contributed by atoms with E-state index < -0.39 is 21.6 Å². The molecule has 0 aromatic heterocycles. The van der Waals surface area contributed by atoms with E-state index >= 15 is 0 Å². The first-order valence-corrected chi connectivity index (χ1v) is 13.1. The van der Waals surface area contributed by atoms with Crippen LogP contribution in [0.1, 0.15) is 52.5 Å². The highest BCUT2D eigenvalue weighted by Crippen LogP contribution is 2.38. The molecular formula is C27H25FN2O4S. The average molecular weight is 493 g/mol. The Bertz CT molecular complexity index is 1420. The molecule has 0 N–H and O–H groups in total. The van der Waals surface area contributed by atoms with Gasteiger partial charge in [0.2, 0.25) is 9.84 Å². The molecule has 0 radical (unpaired) electrons. The summed E-state index contributed by atoms with van der Waals surface area (Å²) in [6, 6.07) is 16.3. The van der Waals surface area contributed by atoms with Crippen molar-refractivity contribution in [3.63, 3.8) is 0 Å². The van der Waals surface area contributed by atoms with Crippen LogP contribution in [0.2, 0.25) is 0 Å². The molecule has 1 saturated heterocycles. The third-order valence-corrected chi connectivity index (χ3v) is 8.62. The summed E-state index contributed by atoms with van der Waals surface area (Å²) in [7, 11) is -4.03. The number of halogens is 1. The lowest BCUT2D eigenvalue weighted by Crippen LogP contribution is -2.42. The predicted octanol–water partition coefficient (Wildman–Crippen LogP) is 4.83. The molecule has 5 rings (SSSR count). The van der Waals surface area contributed by atoms with Crippen LogP contribution < -0.4 is 4.90 Å². The van der Waals surface area contributed by atoms with Crippen LogP contribution in [-0.2, 0) is 16.4 Å². The first kappa shape index (κ1) is 23.2. The third-order valence-electron chi connectivity index (χ3n) is 6.76. The minimum absolute atomic E-state index is 0.0216. The van der Waals surface area contributed by atoms with Crippen LogP contribution in [0.4, 0.5) is 10.1 Å². The number of hydrogen-bond donors (Lipinski definition) is 0. The standard InChI is InChI=1S/C27H25FN2O4S/c1-18-6-4-5-15-29(18)26(31)20-11-14-25-23(16-20)30(17-19-9-12-21(28)13-10-19)27(32)22-7-2-3-8-24(22)35(25,33)34/h2-3,7-14,16,18H,4-6,15,17H2,1H3/t18-/m1/s1. The van der Waals surface area contributed by atoms with Crippen molar-refractivity contribution in [2.75, 3.05) is 11.4 Å². The molecular weight excluding hydrogens is 467 g/mol. The maximum atomic E-state index is 13.7. The van der Waals surface area contributed by atoms with E-state index in [1.165, 1.54) is 47.4 Å². The van der Waals surface area contributed by atoms with Crippen LogP contribution in [0.5, 0.6) is 0 Å². The highest BCUT2D eigenvalue weighted by molar-refractivity contribution is 7.91. The number of sulfone groups is 1. The van der Waals surface area contributed by atoms with Gasteiger partial charge in [-0.3, -0.25) is 9.59 Å². The van der Waals surface area contributed by atoms with E-state index in [9.17, 15) is 22.4 Å². The Morgan fingerprint density at radius 1 is 1.00 bits per heavy atom. The van der Waals surface area contributed by atoms with Crippen molar-refractivity contribution in [2.24, 2.45) is 0 Å². The van der Waals surface area contributed by atoms with E-state index in [0.717, 1.165) is 19.3 Å². The summed E-state index contributed by atoms with van der Waals surface area (Å²) < 4.78 is 40.7. The van der Waals surface area contributed by atoms with E-state index in [1.807, 2.05) is 6.92 Å². The molecule has 35 heavy (non-hydrogen) atoms. The Hall–Kier alpha value is -3.52. The minimum Gasteiger partial charge on any atom is -0.336 e. The number of benzene rings is 3. The number of fused-ring (bicyclic) bond motifs is 2. The molecule has 2 aliphatic rings. The molecule has 2 heterocycles. The Kier molecular flexibility index (Phi) is 5.92. The second kappa shape index (κ2) is 8.92. The van der Waals surface area contributed by atoms with Gasteiger partial charge in [-0.05, 0) is 74.2 Å². The van der Waals surface area contributed by atoms with Gasteiger partial charge in [0.1, 0.15) is 5.82 Å². The van der Waals surface area contributed by atoms with E-state index in [1.54, 1.807) is 29.2 Å². The Morgan fingerprint density at radius 3 is 2.49 bits per heavy atom. The van der Waals surface area contributed by atoms with Crippen molar-refractivity contribution in [3.8, 4) is 0 Å². The van der Waals surface area contributed by atoms with Crippen molar-refractivity contribution < 1.29 is 22.4 Å². The number of piperidine rings is 1. The topological polar surface area (TPSA) is 74.8 Å². The quantitative estimate of drug-likeness (QED) is 0.525. The van der Waals surface area contributed by atoms with Crippen LogP contribution in [0.3, 0.4) is 0 Å². The lowest BCUT2D eigenvalue weighted by molar-refractivity contribution is 0.0635. The smallest absolute Gasteiger partial charge is 0.259 e. The molecule has 2 aliphatic heterocycles. The van der Waals surface area contributed by atoms with Crippen molar-refractivity contribution in [1.29, 1.82) is 0 Å². The summed E-state index contributed by atoms with van der Waals surface area (Å²) in [5, 5.41) is 0. The number of carbonyl (C=O) groups excluding carboxylic acids is 2. The van der Waals surface area contributed by atoms with Crippen molar-refractivity contribution >= 4 is 27.3 Å². The minimum atomic E-state index is -4.03. The van der Waals surface area contributed by atoms with Crippen LogP contribution in [-0.4, -0.2) is 37.7 Å². The highest BCUT2D eigenvalue weighted by atomic mass is 32.2. The number of anilines is 1. The molecule has 0 bridgehead atoms. The SMILES string of the molecule is C[C@@H]1CCCCN1C(=O)c1ccc2c(c1)N(Cc1ccc(F)cc1)C(=O)c1ccccc1S2(=O)=O. The number of likely N-dealkylation sites (tertiary alicyclic amines) is 1. The Labute approximate surface area is 203 Å².